The van der Waals surface area contributed by atoms with Gasteiger partial charge in [0.05, 0.1) is 4.92 Å². The number of rotatable bonds is 4. The molecule has 92 valence electrons. The van der Waals surface area contributed by atoms with Gasteiger partial charge in [-0.2, -0.15) is 0 Å². The molecule has 2 rings (SSSR count). The Morgan fingerprint density at radius 1 is 1.53 bits per heavy atom. The van der Waals surface area contributed by atoms with Gasteiger partial charge >= 0.3 is 5.69 Å². The van der Waals surface area contributed by atoms with E-state index in [0.717, 1.165) is 24.8 Å². The maximum Gasteiger partial charge on any atom is 0.311 e. The highest BCUT2D eigenvalue weighted by Gasteiger charge is 2.30. The molecule has 4 nitrogen and oxygen atoms in total. The zero-order valence-corrected chi connectivity index (χ0v) is 11.1. The molecule has 0 radical (unpaired) electrons. The standard InChI is InChI=1S/C12H14BrNO3/c1-2-8-3-4-12(11(5-8)14(15)16)17-10-6-9(13)7-10/h3-5,9-10H,2,6-7H2,1H3. The second-order valence-corrected chi connectivity index (χ2v) is 5.52. The molecule has 0 unspecified atom stereocenters. The SMILES string of the molecule is CCc1ccc(OC2CC(Br)C2)c([N+](=O)[O-])c1. The number of nitro groups is 1. The van der Waals surface area contributed by atoms with Crippen molar-refractivity contribution in [1.29, 1.82) is 0 Å². The first-order valence-electron chi connectivity index (χ1n) is 5.68. The van der Waals surface area contributed by atoms with Crippen molar-refractivity contribution in [1.82, 2.24) is 0 Å². The molecule has 0 saturated heterocycles. The van der Waals surface area contributed by atoms with Gasteiger partial charge in [0.15, 0.2) is 5.75 Å². The predicted octanol–water partition coefficient (Wildman–Crippen LogP) is 3.46. The Bertz CT molecular complexity index is 430. The van der Waals surface area contributed by atoms with Crippen molar-refractivity contribution in [3.05, 3.63) is 33.9 Å². The van der Waals surface area contributed by atoms with E-state index in [0.29, 0.717) is 10.6 Å². The third-order valence-electron chi connectivity index (χ3n) is 2.96. The molecule has 1 saturated carbocycles. The minimum Gasteiger partial charge on any atom is -0.483 e. The van der Waals surface area contributed by atoms with E-state index in [1.807, 2.05) is 13.0 Å². The summed E-state index contributed by atoms with van der Waals surface area (Å²) >= 11 is 3.47. The number of nitro benzene ring substituents is 1. The van der Waals surface area contributed by atoms with E-state index in [1.54, 1.807) is 12.1 Å². The van der Waals surface area contributed by atoms with E-state index < -0.39 is 0 Å². The Kier molecular flexibility index (Phi) is 3.66. The molecular weight excluding hydrogens is 286 g/mol. The first-order valence-corrected chi connectivity index (χ1v) is 6.59. The number of benzene rings is 1. The van der Waals surface area contributed by atoms with Crippen molar-refractivity contribution < 1.29 is 9.66 Å². The van der Waals surface area contributed by atoms with Crippen molar-refractivity contribution in [2.75, 3.05) is 0 Å². The van der Waals surface area contributed by atoms with Crippen LogP contribution >= 0.6 is 15.9 Å². The highest BCUT2D eigenvalue weighted by Crippen LogP contribution is 2.35. The van der Waals surface area contributed by atoms with E-state index in [9.17, 15) is 10.1 Å². The maximum atomic E-state index is 11.0. The Morgan fingerprint density at radius 3 is 2.76 bits per heavy atom. The van der Waals surface area contributed by atoms with Gasteiger partial charge in [0.1, 0.15) is 6.10 Å². The largest absolute Gasteiger partial charge is 0.483 e. The Hall–Kier alpha value is -1.10. The van der Waals surface area contributed by atoms with Gasteiger partial charge in [0, 0.05) is 10.9 Å². The molecule has 0 aliphatic heterocycles. The van der Waals surface area contributed by atoms with Crippen LogP contribution in [0.2, 0.25) is 0 Å². The lowest BCUT2D eigenvalue weighted by Gasteiger charge is -2.31. The normalized spacial score (nSPS) is 22.9. The summed E-state index contributed by atoms with van der Waals surface area (Å²) in [4.78, 5) is 11.1. The van der Waals surface area contributed by atoms with Crippen molar-refractivity contribution in [2.45, 2.75) is 37.1 Å². The van der Waals surface area contributed by atoms with Crippen LogP contribution in [0.15, 0.2) is 18.2 Å². The highest BCUT2D eigenvalue weighted by molar-refractivity contribution is 9.09. The van der Waals surface area contributed by atoms with Crippen LogP contribution in [-0.4, -0.2) is 15.9 Å². The van der Waals surface area contributed by atoms with Crippen LogP contribution in [0.3, 0.4) is 0 Å². The first kappa shape index (κ1) is 12.4. The second-order valence-electron chi connectivity index (χ2n) is 4.22. The summed E-state index contributed by atoms with van der Waals surface area (Å²) in [6.45, 7) is 1.97. The lowest BCUT2D eigenvalue weighted by molar-refractivity contribution is -0.386. The van der Waals surface area contributed by atoms with Gasteiger partial charge < -0.3 is 4.74 Å². The fourth-order valence-electron chi connectivity index (χ4n) is 1.80. The summed E-state index contributed by atoms with van der Waals surface area (Å²) in [5.74, 6) is 0.386. The quantitative estimate of drug-likeness (QED) is 0.486. The van der Waals surface area contributed by atoms with Crippen molar-refractivity contribution in [3.63, 3.8) is 0 Å². The lowest BCUT2D eigenvalue weighted by Crippen LogP contribution is -2.34. The van der Waals surface area contributed by atoms with E-state index in [2.05, 4.69) is 15.9 Å². The number of alkyl halides is 1. The van der Waals surface area contributed by atoms with Gasteiger partial charge in [-0.15, -0.1) is 0 Å². The molecule has 17 heavy (non-hydrogen) atoms. The van der Waals surface area contributed by atoms with Gasteiger partial charge in [0.25, 0.3) is 0 Å². The van der Waals surface area contributed by atoms with Crippen LogP contribution in [-0.2, 0) is 6.42 Å². The molecule has 1 aliphatic carbocycles. The topological polar surface area (TPSA) is 52.4 Å². The molecule has 0 bridgehead atoms. The van der Waals surface area contributed by atoms with Crippen molar-refractivity contribution in [3.8, 4) is 5.75 Å². The van der Waals surface area contributed by atoms with E-state index in [-0.39, 0.29) is 16.7 Å². The molecule has 5 heteroatoms. The molecule has 1 fully saturated rings. The average Bonchev–Trinajstić information content (AvgIpc) is 2.27. The molecule has 0 N–H and O–H groups in total. The number of aryl methyl sites for hydroxylation is 1. The number of halogens is 1. The predicted molar refractivity (Wildman–Crippen MR) is 68.8 cm³/mol. The molecule has 1 aromatic rings. The lowest BCUT2D eigenvalue weighted by atomic mass is 9.96. The van der Waals surface area contributed by atoms with Gasteiger partial charge in [-0.05, 0) is 30.9 Å². The molecule has 1 aromatic carbocycles. The summed E-state index contributed by atoms with van der Waals surface area (Å²) in [7, 11) is 0. The molecule has 0 heterocycles. The summed E-state index contributed by atoms with van der Waals surface area (Å²) in [5, 5.41) is 11.0. The molecule has 1 aliphatic rings. The fraction of sp³-hybridized carbons (Fsp3) is 0.500. The van der Waals surface area contributed by atoms with Crippen molar-refractivity contribution in [2.24, 2.45) is 0 Å². The first-order chi connectivity index (χ1) is 8.10. The Balaban J connectivity index is 2.17. The summed E-state index contributed by atoms with van der Waals surface area (Å²) < 4.78 is 5.64. The highest BCUT2D eigenvalue weighted by atomic mass is 79.9. The third-order valence-corrected chi connectivity index (χ3v) is 3.71. The van der Waals surface area contributed by atoms with Gasteiger partial charge in [-0.25, -0.2) is 0 Å². The molecule has 0 spiro atoms. The zero-order valence-electron chi connectivity index (χ0n) is 9.56. The number of hydrogen-bond donors (Lipinski definition) is 0. The maximum absolute atomic E-state index is 11.0. The van der Waals surface area contributed by atoms with Crippen LogP contribution in [0.4, 0.5) is 5.69 Å². The third kappa shape index (κ3) is 2.77. The van der Waals surface area contributed by atoms with Gasteiger partial charge in [-0.3, -0.25) is 10.1 Å². The van der Waals surface area contributed by atoms with E-state index in [4.69, 9.17) is 4.74 Å². The van der Waals surface area contributed by atoms with Crippen LogP contribution in [0.1, 0.15) is 25.3 Å². The summed E-state index contributed by atoms with van der Waals surface area (Å²) in [6.07, 6.45) is 2.71. The van der Waals surface area contributed by atoms with Crippen molar-refractivity contribution >= 4 is 21.6 Å². The van der Waals surface area contributed by atoms with Gasteiger partial charge in [-0.1, -0.05) is 28.9 Å². The average molecular weight is 300 g/mol. The minimum atomic E-state index is -0.376. The monoisotopic (exact) mass is 299 g/mol. The van der Waals surface area contributed by atoms with E-state index in [1.165, 1.54) is 0 Å². The van der Waals surface area contributed by atoms with Crippen LogP contribution < -0.4 is 4.74 Å². The molecule has 0 atom stereocenters. The molecular formula is C12H14BrNO3. The number of hydrogen-bond acceptors (Lipinski definition) is 3. The van der Waals surface area contributed by atoms with Gasteiger partial charge in [0.2, 0.25) is 0 Å². The number of ether oxygens (including phenoxy) is 1. The smallest absolute Gasteiger partial charge is 0.311 e. The Labute approximate surface area is 108 Å². The summed E-state index contributed by atoms with van der Waals surface area (Å²) in [6, 6.07) is 5.19. The fourth-order valence-corrected chi connectivity index (χ4v) is 2.64. The van der Waals surface area contributed by atoms with Crippen LogP contribution in [0.25, 0.3) is 0 Å². The molecule has 0 aromatic heterocycles. The zero-order chi connectivity index (χ0) is 12.4. The summed E-state index contributed by atoms with van der Waals surface area (Å²) in [5.41, 5.74) is 1.03. The molecule has 0 amide bonds. The second kappa shape index (κ2) is 5.04. The number of nitrogens with zero attached hydrogens (tertiary/aromatic N) is 1. The van der Waals surface area contributed by atoms with Crippen LogP contribution in [0, 0.1) is 10.1 Å². The van der Waals surface area contributed by atoms with E-state index >= 15 is 0 Å². The Morgan fingerprint density at radius 2 is 2.24 bits per heavy atom. The minimum absolute atomic E-state index is 0.0716. The van der Waals surface area contributed by atoms with Crippen LogP contribution in [0.5, 0.6) is 5.75 Å².